The van der Waals surface area contributed by atoms with Crippen LogP contribution in [-0.2, 0) is 36.5 Å². The first kappa shape index (κ1) is 44.4. The number of piperazine rings is 1. The molecule has 3 aromatic heterocycles. The van der Waals surface area contributed by atoms with E-state index < -0.39 is 17.4 Å². The standard InChI is InChI=1S/C41H55F3N8O6/c1-3-5-23-55-25-27-57-29-30-58-28-26-56-24-16-34(53)9-6-7-18-49-19-21-50(22-20-49)33-14-12-32(13-15-33)46-40-45-31-35-38(48-40)52(51(17-4-2)39(35)54)37-11-8-10-36(47-37)41(42,43)44/h4,8,10-15,31H,2-3,5-7,9,16-30H2,1H3,(H,45,46,48). The van der Waals surface area contributed by atoms with Crippen LogP contribution in [0, 0.1) is 0 Å². The molecule has 0 aliphatic carbocycles. The fraction of sp³-hybridized carbons (Fsp3) is 0.537. The minimum absolute atomic E-state index is 0.0229. The molecule has 0 spiro atoms. The molecule has 316 valence electrons. The van der Waals surface area contributed by atoms with Gasteiger partial charge in [-0.3, -0.25) is 14.5 Å². The molecule has 0 radical (unpaired) electrons. The second kappa shape index (κ2) is 23.0. The summed E-state index contributed by atoms with van der Waals surface area (Å²) in [5.41, 5.74) is 0.311. The number of hydrogen-bond acceptors (Lipinski definition) is 12. The van der Waals surface area contributed by atoms with Gasteiger partial charge in [0, 0.05) is 63.2 Å². The molecule has 1 fully saturated rings. The zero-order chi connectivity index (χ0) is 41.2. The Morgan fingerprint density at radius 2 is 1.52 bits per heavy atom. The number of allylic oxidation sites excluding steroid dienone is 1. The number of fused-ring (bicyclic) bond motifs is 1. The van der Waals surface area contributed by atoms with Crippen LogP contribution in [0.3, 0.4) is 0 Å². The van der Waals surface area contributed by atoms with Crippen LogP contribution in [0.5, 0.6) is 0 Å². The van der Waals surface area contributed by atoms with E-state index in [1.54, 1.807) is 0 Å². The van der Waals surface area contributed by atoms with Crippen LogP contribution in [0.2, 0.25) is 0 Å². The molecule has 0 bridgehead atoms. The quantitative estimate of drug-likeness (QED) is 0.0585. The number of unbranched alkanes of at least 4 members (excludes halogenated alkanes) is 2. The number of anilines is 3. The lowest BCUT2D eigenvalue weighted by Gasteiger charge is -2.36. The predicted molar refractivity (Wildman–Crippen MR) is 216 cm³/mol. The Balaban J connectivity index is 0.986. The smallest absolute Gasteiger partial charge is 0.379 e. The lowest BCUT2D eigenvalue weighted by molar-refractivity contribution is -0.141. The van der Waals surface area contributed by atoms with Crippen molar-refractivity contribution in [2.75, 3.05) is 95.8 Å². The van der Waals surface area contributed by atoms with Gasteiger partial charge in [-0.15, -0.1) is 6.58 Å². The van der Waals surface area contributed by atoms with Crippen molar-refractivity contribution in [2.24, 2.45) is 0 Å². The number of carbonyl (C=O) groups excluding carboxylic acids is 1. The number of ketones is 1. The van der Waals surface area contributed by atoms with Gasteiger partial charge in [0.15, 0.2) is 11.5 Å². The van der Waals surface area contributed by atoms with Gasteiger partial charge in [-0.25, -0.2) is 19.3 Å². The Labute approximate surface area is 336 Å². The fourth-order valence-corrected chi connectivity index (χ4v) is 6.40. The van der Waals surface area contributed by atoms with Gasteiger partial charge >= 0.3 is 6.18 Å². The van der Waals surface area contributed by atoms with Crippen LogP contribution in [-0.4, -0.2) is 121 Å². The molecule has 4 aromatic rings. The van der Waals surface area contributed by atoms with E-state index in [0.717, 1.165) is 76.8 Å². The van der Waals surface area contributed by atoms with Crippen LogP contribution in [0.4, 0.5) is 30.5 Å². The summed E-state index contributed by atoms with van der Waals surface area (Å²) < 4.78 is 64.9. The summed E-state index contributed by atoms with van der Waals surface area (Å²) in [6.45, 7) is 14.7. The van der Waals surface area contributed by atoms with Crippen molar-refractivity contribution < 1.29 is 36.9 Å². The third kappa shape index (κ3) is 13.4. The fourth-order valence-electron chi connectivity index (χ4n) is 6.40. The van der Waals surface area contributed by atoms with Gasteiger partial charge < -0.3 is 29.2 Å². The number of pyridine rings is 1. The van der Waals surface area contributed by atoms with Crippen LogP contribution in [0.25, 0.3) is 16.9 Å². The molecule has 0 saturated carbocycles. The highest BCUT2D eigenvalue weighted by Crippen LogP contribution is 2.29. The van der Waals surface area contributed by atoms with Gasteiger partial charge in [-0.1, -0.05) is 25.5 Å². The number of Topliss-reactive ketones (excluding diaryl/α,β-unsaturated/α-hetero) is 1. The van der Waals surface area contributed by atoms with E-state index in [0.29, 0.717) is 64.8 Å². The second-order valence-electron chi connectivity index (χ2n) is 13.8. The molecule has 1 aliphatic heterocycles. The third-order valence-electron chi connectivity index (χ3n) is 9.54. The highest BCUT2D eigenvalue weighted by atomic mass is 19.4. The Kier molecular flexibility index (Phi) is 17.7. The molecule has 0 atom stereocenters. The predicted octanol–water partition coefficient (Wildman–Crippen LogP) is 6.04. The van der Waals surface area contributed by atoms with Crippen molar-refractivity contribution in [3.63, 3.8) is 0 Å². The average molecular weight is 813 g/mol. The lowest BCUT2D eigenvalue weighted by Crippen LogP contribution is -2.46. The molecular formula is C41H55F3N8O6. The minimum atomic E-state index is -4.66. The van der Waals surface area contributed by atoms with Gasteiger partial charge in [-0.05, 0) is 62.2 Å². The average Bonchev–Trinajstić information content (AvgIpc) is 3.49. The van der Waals surface area contributed by atoms with Gasteiger partial charge in [0.1, 0.15) is 16.9 Å². The number of nitrogens with one attached hydrogen (secondary N) is 1. The van der Waals surface area contributed by atoms with Crippen molar-refractivity contribution in [3.05, 3.63) is 77.4 Å². The third-order valence-corrected chi connectivity index (χ3v) is 9.54. The molecule has 0 amide bonds. The summed E-state index contributed by atoms with van der Waals surface area (Å²) in [4.78, 5) is 42.8. The maximum Gasteiger partial charge on any atom is 0.433 e. The van der Waals surface area contributed by atoms with Gasteiger partial charge in [0.05, 0.1) is 52.8 Å². The van der Waals surface area contributed by atoms with Crippen LogP contribution >= 0.6 is 0 Å². The summed E-state index contributed by atoms with van der Waals surface area (Å²) in [5, 5.41) is 3.27. The summed E-state index contributed by atoms with van der Waals surface area (Å²) in [5.74, 6) is 0.278. The van der Waals surface area contributed by atoms with E-state index in [-0.39, 0.29) is 35.1 Å². The van der Waals surface area contributed by atoms with Crippen molar-refractivity contribution in [1.82, 2.24) is 29.2 Å². The maximum absolute atomic E-state index is 13.5. The zero-order valence-electron chi connectivity index (χ0n) is 33.3. The van der Waals surface area contributed by atoms with Crippen molar-refractivity contribution in [2.45, 2.75) is 58.2 Å². The number of ether oxygens (including phenoxy) is 4. The molecule has 5 rings (SSSR count). The first-order chi connectivity index (χ1) is 28.2. The van der Waals surface area contributed by atoms with E-state index in [2.05, 4.69) is 43.6 Å². The normalized spacial score (nSPS) is 13.7. The number of nitrogens with zero attached hydrogens (tertiary/aromatic N) is 7. The second-order valence-corrected chi connectivity index (χ2v) is 13.8. The number of alkyl halides is 3. The van der Waals surface area contributed by atoms with Crippen LogP contribution in [0.1, 0.15) is 51.1 Å². The lowest BCUT2D eigenvalue weighted by atomic mass is 10.1. The van der Waals surface area contributed by atoms with E-state index >= 15 is 0 Å². The number of halogens is 3. The first-order valence-electron chi connectivity index (χ1n) is 20.0. The summed E-state index contributed by atoms with van der Waals surface area (Å²) in [6.07, 6.45) is 3.15. The highest BCUT2D eigenvalue weighted by Gasteiger charge is 2.33. The van der Waals surface area contributed by atoms with Crippen molar-refractivity contribution >= 4 is 34.1 Å². The van der Waals surface area contributed by atoms with Crippen LogP contribution in [0.15, 0.2) is 66.1 Å². The molecule has 58 heavy (non-hydrogen) atoms. The van der Waals surface area contributed by atoms with E-state index in [4.69, 9.17) is 18.9 Å². The first-order valence-corrected chi connectivity index (χ1v) is 20.0. The van der Waals surface area contributed by atoms with Crippen LogP contribution < -0.4 is 15.8 Å². The number of rotatable bonds is 26. The maximum atomic E-state index is 13.5. The van der Waals surface area contributed by atoms with E-state index in [9.17, 15) is 22.8 Å². The van der Waals surface area contributed by atoms with Crippen molar-refractivity contribution in [1.29, 1.82) is 0 Å². The van der Waals surface area contributed by atoms with Gasteiger partial charge in [-0.2, -0.15) is 18.2 Å². The largest absolute Gasteiger partial charge is 0.433 e. The number of carbonyl (C=O) groups is 1. The topological polar surface area (TPSA) is 138 Å². The number of aromatic nitrogens is 5. The Bertz CT molecular complexity index is 1930. The molecule has 14 nitrogen and oxygen atoms in total. The SMILES string of the molecule is C=CCn1c(=O)c2cnc(Nc3ccc(N4CCN(CCCCC(=O)CCOCCOCCOCCOCCCC)CC4)cc3)nc2n1-c1cccc(C(F)(F)F)n1. The van der Waals surface area contributed by atoms with Gasteiger partial charge in [0.25, 0.3) is 5.56 Å². The Morgan fingerprint density at radius 1 is 0.845 bits per heavy atom. The summed E-state index contributed by atoms with van der Waals surface area (Å²) in [7, 11) is 0. The summed E-state index contributed by atoms with van der Waals surface area (Å²) in [6, 6.07) is 11.3. The molecule has 1 N–H and O–H groups in total. The molecule has 4 heterocycles. The van der Waals surface area contributed by atoms with Gasteiger partial charge in [0.2, 0.25) is 5.95 Å². The molecule has 1 aromatic carbocycles. The zero-order valence-corrected chi connectivity index (χ0v) is 33.3. The molecule has 0 unspecified atom stereocenters. The number of hydrogen-bond donors (Lipinski definition) is 1. The molecule has 1 aliphatic rings. The van der Waals surface area contributed by atoms with E-state index in [1.165, 1.54) is 33.8 Å². The summed E-state index contributed by atoms with van der Waals surface area (Å²) >= 11 is 0. The Hall–Kier alpha value is -4.68. The molecular weight excluding hydrogens is 757 g/mol. The Morgan fingerprint density at radius 3 is 2.17 bits per heavy atom. The highest BCUT2D eigenvalue weighted by molar-refractivity contribution is 5.78. The minimum Gasteiger partial charge on any atom is -0.379 e. The molecule has 1 saturated heterocycles. The molecule has 17 heteroatoms. The number of benzene rings is 1. The van der Waals surface area contributed by atoms with E-state index in [1.807, 2.05) is 24.3 Å². The van der Waals surface area contributed by atoms with Crippen molar-refractivity contribution in [3.8, 4) is 5.82 Å². The monoisotopic (exact) mass is 812 g/mol.